The molecule has 1 heterocycles. The number of carbonyl (C=O) groups excluding carboxylic acids is 3. The van der Waals surface area contributed by atoms with Gasteiger partial charge in [0.25, 0.3) is 0 Å². The molecule has 1 saturated heterocycles. The minimum Gasteiger partial charge on any atom is -0.458 e. The van der Waals surface area contributed by atoms with Crippen LogP contribution in [0.25, 0.3) is 0 Å². The number of piperidine rings is 1. The molecule has 1 aliphatic rings. The van der Waals surface area contributed by atoms with Crippen molar-refractivity contribution in [2.45, 2.75) is 70.8 Å². The third kappa shape index (κ3) is 7.61. The van der Waals surface area contributed by atoms with Crippen LogP contribution in [0.15, 0.2) is 60.7 Å². The molecule has 0 aliphatic carbocycles. The predicted octanol–water partition coefficient (Wildman–Crippen LogP) is 4.67. The Balaban J connectivity index is 1.72. The molecule has 7 heteroatoms. The van der Waals surface area contributed by atoms with Gasteiger partial charge in [0.2, 0.25) is 6.10 Å². The molecule has 0 saturated carbocycles. The van der Waals surface area contributed by atoms with Crippen LogP contribution in [-0.4, -0.2) is 47.2 Å². The van der Waals surface area contributed by atoms with E-state index in [1.807, 2.05) is 60.7 Å². The zero-order valence-corrected chi connectivity index (χ0v) is 20.1. The fraction of sp³-hybridized carbons (Fsp3) is 0.444. The third-order valence-electron chi connectivity index (χ3n) is 5.41. The molecule has 0 N–H and O–H groups in total. The van der Waals surface area contributed by atoms with E-state index in [2.05, 4.69) is 0 Å². The summed E-state index contributed by atoms with van der Waals surface area (Å²) in [6, 6.07) is 17.8. The zero-order valence-electron chi connectivity index (χ0n) is 20.1. The Morgan fingerprint density at radius 1 is 0.941 bits per heavy atom. The molecule has 1 fully saturated rings. The molecule has 1 amide bonds. The molecule has 2 aromatic rings. The quantitative estimate of drug-likeness (QED) is 0.435. The predicted molar refractivity (Wildman–Crippen MR) is 127 cm³/mol. The highest BCUT2D eigenvalue weighted by Gasteiger charge is 2.38. The van der Waals surface area contributed by atoms with Crippen LogP contribution in [0.4, 0.5) is 4.79 Å². The first kappa shape index (κ1) is 25.3. The maximum absolute atomic E-state index is 13.2. The fourth-order valence-electron chi connectivity index (χ4n) is 3.76. The molecule has 0 aromatic heterocycles. The second kappa shape index (κ2) is 11.7. The lowest BCUT2D eigenvalue weighted by Gasteiger charge is -2.35. The van der Waals surface area contributed by atoms with Gasteiger partial charge < -0.3 is 14.2 Å². The summed E-state index contributed by atoms with van der Waals surface area (Å²) >= 11 is 0. The lowest BCUT2D eigenvalue weighted by molar-refractivity contribution is -0.172. The van der Waals surface area contributed by atoms with Crippen LogP contribution >= 0.6 is 0 Å². The first-order valence-corrected chi connectivity index (χ1v) is 11.7. The first-order valence-electron chi connectivity index (χ1n) is 11.7. The largest absolute Gasteiger partial charge is 0.458 e. The summed E-state index contributed by atoms with van der Waals surface area (Å²) in [7, 11) is 0. The van der Waals surface area contributed by atoms with Gasteiger partial charge in [0.1, 0.15) is 18.2 Å². The SMILES string of the molecule is CC(C)(C)OC(=O)N1CCCC[C@H]1C(=O)O[C@H](Cc1ccccc1)C(=O)OCc1ccccc1. The van der Waals surface area contributed by atoms with Gasteiger partial charge in [0, 0.05) is 13.0 Å². The normalized spacial score (nSPS) is 16.9. The second-order valence-electron chi connectivity index (χ2n) is 9.39. The number of carbonyl (C=O) groups is 3. The lowest BCUT2D eigenvalue weighted by Crippen LogP contribution is -2.51. The molecule has 182 valence electrons. The van der Waals surface area contributed by atoms with Crippen LogP contribution < -0.4 is 0 Å². The van der Waals surface area contributed by atoms with E-state index < -0.39 is 35.8 Å². The van der Waals surface area contributed by atoms with Gasteiger partial charge in [-0.2, -0.15) is 0 Å². The standard InChI is InChI=1S/C27H33NO6/c1-27(2,3)34-26(31)28-17-11-10-16-22(28)24(29)33-23(18-20-12-6-4-7-13-20)25(30)32-19-21-14-8-5-9-15-21/h4-9,12-15,22-23H,10-11,16-19H2,1-3H3/t22-,23+/m0/s1. The van der Waals surface area contributed by atoms with Gasteiger partial charge in [-0.1, -0.05) is 60.7 Å². The van der Waals surface area contributed by atoms with Gasteiger partial charge in [-0.25, -0.2) is 14.4 Å². The molecule has 1 aliphatic heterocycles. The summed E-state index contributed by atoms with van der Waals surface area (Å²) < 4.78 is 16.6. The smallest absolute Gasteiger partial charge is 0.411 e. The van der Waals surface area contributed by atoms with Crippen LogP contribution in [0.5, 0.6) is 0 Å². The number of benzene rings is 2. The molecular formula is C27H33NO6. The number of rotatable bonds is 7. The van der Waals surface area contributed by atoms with E-state index in [-0.39, 0.29) is 13.0 Å². The Kier molecular flexibility index (Phi) is 8.68. The maximum atomic E-state index is 13.2. The highest BCUT2D eigenvalue weighted by Crippen LogP contribution is 2.22. The highest BCUT2D eigenvalue weighted by atomic mass is 16.6. The summed E-state index contributed by atoms with van der Waals surface area (Å²) in [6.07, 6.45) is 0.506. The van der Waals surface area contributed by atoms with Crippen LogP contribution in [-0.2, 0) is 36.8 Å². The number of hydrogen-bond acceptors (Lipinski definition) is 6. The zero-order chi connectivity index (χ0) is 24.6. The van der Waals surface area contributed by atoms with Crippen LogP contribution in [0.3, 0.4) is 0 Å². The minimum absolute atomic E-state index is 0.0793. The molecule has 2 aromatic carbocycles. The van der Waals surface area contributed by atoms with E-state index in [1.54, 1.807) is 20.8 Å². The Bertz CT molecular complexity index is 954. The van der Waals surface area contributed by atoms with Crippen LogP contribution in [0.2, 0.25) is 0 Å². The number of esters is 2. The Morgan fingerprint density at radius 3 is 2.18 bits per heavy atom. The summed E-state index contributed by atoms with van der Waals surface area (Å²) in [5.41, 5.74) is 0.994. The number of nitrogens with zero attached hydrogens (tertiary/aromatic N) is 1. The van der Waals surface area contributed by atoms with E-state index in [9.17, 15) is 14.4 Å². The number of hydrogen-bond donors (Lipinski definition) is 0. The van der Waals surface area contributed by atoms with E-state index in [4.69, 9.17) is 14.2 Å². The Labute approximate surface area is 201 Å². The molecule has 34 heavy (non-hydrogen) atoms. The number of likely N-dealkylation sites (tertiary alicyclic amines) is 1. The van der Waals surface area contributed by atoms with Crippen molar-refractivity contribution in [1.82, 2.24) is 4.90 Å². The van der Waals surface area contributed by atoms with Crippen molar-refractivity contribution < 1.29 is 28.6 Å². The summed E-state index contributed by atoms with van der Waals surface area (Å²) in [5.74, 6) is -1.25. The lowest BCUT2D eigenvalue weighted by atomic mass is 10.0. The van der Waals surface area contributed by atoms with E-state index in [1.165, 1.54) is 4.90 Å². The Hall–Kier alpha value is -3.35. The van der Waals surface area contributed by atoms with Gasteiger partial charge in [0.05, 0.1) is 0 Å². The van der Waals surface area contributed by atoms with Crippen LogP contribution in [0.1, 0.15) is 51.2 Å². The molecule has 0 bridgehead atoms. The van der Waals surface area contributed by atoms with Crippen molar-refractivity contribution in [3.8, 4) is 0 Å². The van der Waals surface area contributed by atoms with Gasteiger partial charge in [-0.3, -0.25) is 4.90 Å². The van der Waals surface area contributed by atoms with Crippen molar-refractivity contribution in [1.29, 1.82) is 0 Å². The number of amides is 1. The summed E-state index contributed by atoms with van der Waals surface area (Å²) in [6.45, 7) is 5.81. The van der Waals surface area contributed by atoms with E-state index in [0.29, 0.717) is 13.0 Å². The second-order valence-corrected chi connectivity index (χ2v) is 9.39. The molecule has 7 nitrogen and oxygen atoms in total. The Morgan fingerprint density at radius 2 is 1.56 bits per heavy atom. The van der Waals surface area contributed by atoms with Crippen molar-refractivity contribution in [3.63, 3.8) is 0 Å². The van der Waals surface area contributed by atoms with Crippen molar-refractivity contribution in [3.05, 3.63) is 71.8 Å². The van der Waals surface area contributed by atoms with Gasteiger partial charge in [-0.15, -0.1) is 0 Å². The monoisotopic (exact) mass is 467 g/mol. The van der Waals surface area contributed by atoms with Crippen molar-refractivity contribution in [2.24, 2.45) is 0 Å². The van der Waals surface area contributed by atoms with Crippen molar-refractivity contribution in [2.75, 3.05) is 6.54 Å². The average molecular weight is 468 g/mol. The van der Waals surface area contributed by atoms with Crippen molar-refractivity contribution >= 4 is 18.0 Å². The number of ether oxygens (including phenoxy) is 3. The topological polar surface area (TPSA) is 82.1 Å². The van der Waals surface area contributed by atoms with Gasteiger partial charge >= 0.3 is 18.0 Å². The molecular weight excluding hydrogens is 434 g/mol. The minimum atomic E-state index is -1.12. The average Bonchev–Trinajstić information content (AvgIpc) is 2.82. The summed E-state index contributed by atoms with van der Waals surface area (Å²) in [5, 5.41) is 0. The molecule has 0 unspecified atom stereocenters. The van der Waals surface area contributed by atoms with Crippen LogP contribution in [0, 0.1) is 0 Å². The fourth-order valence-corrected chi connectivity index (χ4v) is 3.76. The van der Waals surface area contributed by atoms with Gasteiger partial charge in [0.15, 0.2) is 0 Å². The highest BCUT2D eigenvalue weighted by molar-refractivity contribution is 5.85. The molecule has 0 spiro atoms. The third-order valence-corrected chi connectivity index (χ3v) is 5.41. The first-order chi connectivity index (χ1) is 16.2. The van der Waals surface area contributed by atoms with Gasteiger partial charge in [-0.05, 0) is 51.2 Å². The maximum Gasteiger partial charge on any atom is 0.411 e. The molecule has 2 atom stereocenters. The summed E-state index contributed by atoms with van der Waals surface area (Å²) in [4.78, 5) is 40.2. The molecule has 3 rings (SSSR count). The van der Waals surface area contributed by atoms with E-state index in [0.717, 1.165) is 24.0 Å². The van der Waals surface area contributed by atoms with E-state index >= 15 is 0 Å². The molecule has 0 radical (unpaired) electrons.